The Bertz CT molecular complexity index is 2260. The zero-order valence-electron chi connectivity index (χ0n) is 32.6. The number of amides is 1. The van der Waals surface area contributed by atoms with Gasteiger partial charge in [0, 0.05) is 61.8 Å². The third-order valence-electron chi connectivity index (χ3n) is 12.0. The maximum absolute atomic E-state index is 14.6. The molecule has 56 heavy (non-hydrogen) atoms. The molecule has 1 N–H and O–H groups in total. The first-order chi connectivity index (χ1) is 26.6. The van der Waals surface area contributed by atoms with Crippen molar-refractivity contribution >= 4 is 38.2 Å². The zero-order chi connectivity index (χ0) is 40.1. The lowest BCUT2D eigenvalue weighted by Gasteiger charge is -2.33. The first-order valence-electron chi connectivity index (χ1n) is 19.4. The van der Waals surface area contributed by atoms with Crippen molar-refractivity contribution in [2.45, 2.75) is 88.6 Å². The van der Waals surface area contributed by atoms with Crippen LogP contribution in [0.4, 0.5) is 11.4 Å². The number of rotatable bonds is 13. The molecular weight excluding hydrogens is 737 g/mol. The Balaban J connectivity index is 1.33. The van der Waals surface area contributed by atoms with E-state index in [9.17, 15) is 33.4 Å². The molecule has 3 aliphatic rings. The summed E-state index contributed by atoms with van der Waals surface area (Å²) in [4.78, 5) is 43.6. The second-order valence-electron chi connectivity index (χ2n) is 16.2. The van der Waals surface area contributed by atoms with Crippen LogP contribution in [0.25, 0.3) is 22.2 Å². The van der Waals surface area contributed by atoms with Crippen LogP contribution in [-0.2, 0) is 25.0 Å². The van der Waals surface area contributed by atoms with E-state index in [0.717, 1.165) is 82.2 Å². The Hall–Kier alpha value is -4.70. The summed E-state index contributed by atoms with van der Waals surface area (Å²) in [5, 5.41) is 24.6. The van der Waals surface area contributed by atoms with Gasteiger partial charge in [0.05, 0.1) is 40.2 Å². The number of nitrogens with zero attached hydrogens (tertiary/aromatic N) is 5. The number of benzene rings is 3. The van der Waals surface area contributed by atoms with Gasteiger partial charge in [-0.1, -0.05) is 30.2 Å². The summed E-state index contributed by atoms with van der Waals surface area (Å²) in [6.45, 7) is 12.5. The number of nitro benzene ring substituents is 2. The molecule has 4 heterocycles. The average Bonchev–Trinajstić information content (AvgIpc) is 3.88. The van der Waals surface area contributed by atoms with Crippen LogP contribution in [0.1, 0.15) is 74.6 Å². The van der Waals surface area contributed by atoms with E-state index in [1.165, 1.54) is 4.31 Å². The molecule has 15 heteroatoms. The second kappa shape index (κ2) is 15.3. The Labute approximate surface area is 327 Å². The minimum absolute atomic E-state index is 0.0208. The van der Waals surface area contributed by atoms with Crippen molar-refractivity contribution in [1.29, 1.82) is 0 Å². The molecule has 1 aromatic heterocycles. The fraction of sp³-hybridized carbons (Fsp3) is 0.488. The van der Waals surface area contributed by atoms with Gasteiger partial charge < -0.3 is 14.6 Å². The Morgan fingerprint density at radius 1 is 0.946 bits per heavy atom. The summed E-state index contributed by atoms with van der Waals surface area (Å²) in [7, 11) is -4.56. The molecule has 3 aliphatic heterocycles. The standard InChI is InChI=1S/C41H50N6O8S/c1-26-20-27(2)22-29(21-26)39-38(34-23-30(6-12-35(34)42-39)41(4,5)40(48)45-31-7-8-32(45)10-9-31)28(3)25-44(15-14-43-16-18-55-19-17-43)56(53,54)37-13-11-33(46(49)50)24-36(37)47(51)52/h6,11-13,20-24,28,31-32,42H,7-10,14-19,25H2,1-5H3/t28-,31?,32?/m1/s1. The van der Waals surface area contributed by atoms with Gasteiger partial charge in [-0.3, -0.25) is 29.9 Å². The largest absolute Gasteiger partial charge is 0.379 e. The third-order valence-corrected chi connectivity index (χ3v) is 13.9. The summed E-state index contributed by atoms with van der Waals surface area (Å²) in [6.07, 6.45) is 4.16. The lowest BCUT2D eigenvalue weighted by Crippen LogP contribution is -2.45. The molecule has 1 amide bonds. The van der Waals surface area contributed by atoms with Crippen molar-refractivity contribution in [3.05, 3.63) is 97.1 Å². The number of nitrogens with one attached hydrogen (secondary N) is 1. The number of aryl methyl sites for hydroxylation is 2. The smallest absolute Gasteiger partial charge is 0.296 e. The Morgan fingerprint density at radius 3 is 2.20 bits per heavy atom. The molecule has 298 valence electrons. The van der Waals surface area contributed by atoms with Crippen molar-refractivity contribution in [1.82, 2.24) is 19.1 Å². The zero-order valence-corrected chi connectivity index (χ0v) is 33.4. The van der Waals surface area contributed by atoms with Crippen LogP contribution in [0.2, 0.25) is 0 Å². The number of aromatic nitrogens is 1. The highest BCUT2D eigenvalue weighted by Crippen LogP contribution is 2.43. The Kier molecular flexibility index (Phi) is 10.8. The molecule has 14 nitrogen and oxygen atoms in total. The average molecular weight is 787 g/mol. The highest BCUT2D eigenvalue weighted by atomic mass is 32.2. The molecule has 0 unspecified atom stereocenters. The van der Waals surface area contributed by atoms with Gasteiger partial charge in [0.25, 0.3) is 11.4 Å². The first-order valence-corrected chi connectivity index (χ1v) is 20.8. The van der Waals surface area contributed by atoms with Gasteiger partial charge in [-0.05, 0) is 106 Å². The maximum Gasteiger partial charge on any atom is 0.296 e. The minimum Gasteiger partial charge on any atom is -0.379 e. The SMILES string of the molecule is Cc1cc(C)cc(-c2[nH]c3ccc(C(C)(C)C(=O)N4C5CCC4CC5)cc3c2[C@H](C)CN(CCN2CCOCC2)S(=O)(=O)c2ccc([N+](=O)[O-])cc2[N+](=O)[O-])c1. The fourth-order valence-electron chi connectivity index (χ4n) is 9.05. The molecule has 3 aromatic carbocycles. The van der Waals surface area contributed by atoms with E-state index in [1.54, 1.807) is 0 Å². The van der Waals surface area contributed by atoms with Crippen LogP contribution in [0.3, 0.4) is 0 Å². The molecule has 1 atom stereocenters. The number of non-ortho nitro benzene ring substituents is 1. The molecule has 0 aliphatic carbocycles. The van der Waals surface area contributed by atoms with Crippen LogP contribution >= 0.6 is 0 Å². The van der Waals surface area contributed by atoms with E-state index in [-0.39, 0.29) is 31.1 Å². The van der Waals surface area contributed by atoms with Crippen LogP contribution in [0.15, 0.2) is 59.5 Å². The third kappa shape index (κ3) is 7.44. The van der Waals surface area contributed by atoms with Gasteiger partial charge in [-0.25, -0.2) is 8.42 Å². The normalized spacial score (nSPS) is 19.6. The predicted octanol–water partition coefficient (Wildman–Crippen LogP) is 6.83. The molecule has 0 spiro atoms. The number of sulfonamides is 1. The quantitative estimate of drug-likeness (QED) is 0.113. The van der Waals surface area contributed by atoms with Crippen molar-refractivity contribution in [3.63, 3.8) is 0 Å². The maximum atomic E-state index is 14.6. The van der Waals surface area contributed by atoms with E-state index in [2.05, 4.69) is 39.0 Å². The molecule has 3 saturated heterocycles. The van der Waals surface area contributed by atoms with E-state index in [4.69, 9.17) is 4.74 Å². The lowest BCUT2D eigenvalue weighted by atomic mass is 9.81. The van der Waals surface area contributed by atoms with E-state index in [1.807, 2.05) is 46.8 Å². The number of H-pyrrole nitrogens is 1. The van der Waals surface area contributed by atoms with Gasteiger partial charge in [0.15, 0.2) is 4.90 Å². The van der Waals surface area contributed by atoms with Crippen molar-refractivity contribution in [2.75, 3.05) is 45.9 Å². The van der Waals surface area contributed by atoms with Crippen LogP contribution < -0.4 is 0 Å². The van der Waals surface area contributed by atoms with Gasteiger partial charge in [-0.2, -0.15) is 4.31 Å². The van der Waals surface area contributed by atoms with Crippen molar-refractivity contribution in [2.24, 2.45) is 0 Å². The van der Waals surface area contributed by atoms with Crippen LogP contribution in [0.5, 0.6) is 0 Å². The molecule has 4 aromatic rings. The second-order valence-corrected chi connectivity index (χ2v) is 18.1. The monoisotopic (exact) mass is 786 g/mol. The molecule has 0 saturated carbocycles. The topological polar surface area (TPSA) is 172 Å². The first kappa shape index (κ1) is 39.5. The van der Waals surface area contributed by atoms with Gasteiger partial charge in [0.1, 0.15) is 0 Å². The summed E-state index contributed by atoms with van der Waals surface area (Å²) in [5.41, 5.74) is 4.19. The lowest BCUT2D eigenvalue weighted by molar-refractivity contribution is -0.396. The highest BCUT2D eigenvalue weighted by Gasteiger charge is 2.47. The number of carbonyl (C=O) groups is 1. The number of morpholine rings is 1. The summed E-state index contributed by atoms with van der Waals surface area (Å²) >= 11 is 0. The molecule has 0 radical (unpaired) electrons. The van der Waals surface area contributed by atoms with Gasteiger partial charge in [-0.15, -0.1) is 0 Å². The van der Waals surface area contributed by atoms with Gasteiger partial charge >= 0.3 is 0 Å². The molecule has 7 rings (SSSR count). The van der Waals surface area contributed by atoms with E-state index in [0.29, 0.717) is 38.9 Å². The number of carbonyl (C=O) groups excluding carboxylic acids is 1. The van der Waals surface area contributed by atoms with Crippen molar-refractivity contribution < 1.29 is 27.8 Å². The summed E-state index contributed by atoms with van der Waals surface area (Å²) < 4.78 is 36.0. The number of fused-ring (bicyclic) bond motifs is 3. The minimum atomic E-state index is -4.56. The van der Waals surface area contributed by atoms with Crippen LogP contribution in [0, 0.1) is 34.1 Å². The van der Waals surface area contributed by atoms with E-state index >= 15 is 0 Å². The fourth-order valence-corrected chi connectivity index (χ4v) is 10.7. The van der Waals surface area contributed by atoms with Crippen molar-refractivity contribution in [3.8, 4) is 11.3 Å². The number of hydrogen-bond donors (Lipinski definition) is 1. The highest BCUT2D eigenvalue weighted by molar-refractivity contribution is 7.89. The number of hydrogen-bond acceptors (Lipinski definition) is 9. The number of ether oxygens (including phenoxy) is 1. The number of aromatic amines is 1. The predicted molar refractivity (Wildman–Crippen MR) is 213 cm³/mol. The van der Waals surface area contributed by atoms with Crippen LogP contribution in [-0.4, -0.2) is 101 Å². The summed E-state index contributed by atoms with van der Waals surface area (Å²) in [5.74, 6) is -0.341. The molecule has 2 bridgehead atoms. The van der Waals surface area contributed by atoms with E-state index < -0.39 is 47.5 Å². The molecular formula is C41H50N6O8S. The number of nitro groups is 2. The summed E-state index contributed by atoms with van der Waals surface area (Å²) in [6, 6.07) is 15.5. The Morgan fingerprint density at radius 2 is 1.59 bits per heavy atom. The van der Waals surface area contributed by atoms with Gasteiger partial charge in [0.2, 0.25) is 15.9 Å². The molecule has 3 fully saturated rings.